The van der Waals surface area contributed by atoms with E-state index in [1.165, 1.54) is 0 Å². The Labute approximate surface area is 222 Å². The Balaban J connectivity index is 1.39. The zero-order valence-corrected chi connectivity index (χ0v) is 21.7. The summed E-state index contributed by atoms with van der Waals surface area (Å²) < 4.78 is 5.52. The van der Waals surface area contributed by atoms with Crippen LogP contribution in [0.2, 0.25) is 0 Å². The number of aliphatic imine (C=N–C) groups is 1. The molecule has 4 N–H and O–H groups in total. The molecule has 2 heterocycles. The van der Waals surface area contributed by atoms with Crippen molar-refractivity contribution in [1.29, 1.82) is 0 Å². The fraction of sp³-hybridized carbons (Fsp3) is 0.300. The van der Waals surface area contributed by atoms with Gasteiger partial charge in [-0.15, -0.1) is 0 Å². The Morgan fingerprint density at radius 3 is 2.55 bits per heavy atom. The smallest absolute Gasteiger partial charge is 0.289 e. The number of carbonyl (C=O) groups is 2. The molecule has 8 heteroatoms. The van der Waals surface area contributed by atoms with E-state index < -0.39 is 11.6 Å². The number of anilines is 2. The van der Waals surface area contributed by atoms with Crippen LogP contribution in [-0.4, -0.2) is 42.6 Å². The minimum atomic E-state index is -1.07. The molecule has 196 valence electrons. The van der Waals surface area contributed by atoms with Crippen LogP contribution >= 0.6 is 0 Å². The maximum atomic E-state index is 13.7. The summed E-state index contributed by atoms with van der Waals surface area (Å²) >= 11 is 0. The van der Waals surface area contributed by atoms with Gasteiger partial charge in [0.25, 0.3) is 6.02 Å². The third kappa shape index (κ3) is 5.55. The SMILES string of the molecule is CC(C)(N)C(=O)N[C@@H]1CCc2ccccc2N(Cc2ccc(-c3ccccc3NC3=NCCO3)cc2)C1=O. The van der Waals surface area contributed by atoms with Crippen molar-refractivity contribution < 1.29 is 14.3 Å². The van der Waals surface area contributed by atoms with Crippen molar-refractivity contribution >= 4 is 29.2 Å². The highest BCUT2D eigenvalue weighted by atomic mass is 16.5. The first-order valence-corrected chi connectivity index (χ1v) is 12.9. The van der Waals surface area contributed by atoms with E-state index in [0.29, 0.717) is 38.6 Å². The van der Waals surface area contributed by atoms with Crippen molar-refractivity contribution in [2.75, 3.05) is 23.4 Å². The molecule has 0 aromatic heterocycles. The maximum Gasteiger partial charge on any atom is 0.289 e. The molecule has 0 bridgehead atoms. The molecule has 3 aromatic carbocycles. The van der Waals surface area contributed by atoms with Crippen LogP contribution in [0.5, 0.6) is 0 Å². The number of aryl methyl sites for hydroxylation is 1. The Hall–Kier alpha value is -4.17. The molecule has 0 saturated carbocycles. The zero-order valence-electron chi connectivity index (χ0n) is 21.7. The van der Waals surface area contributed by atoms with Gasteiger partial charge >= 0.3 is 0 Å². The van der Waals surface area contributed by atoms with Crippen LogP contribution < -0.4 is 21.3 Å². The summed E-state index contributed by atoms with van der Waals surface area (Å²) in [5, 5.41) is 6.16. The number of hydrogen-bond donors (Lipinski definition) is 3. The molecule has 8 nitrogen and oxygen atoms in total. The lowest BCUT2D eigenvalue weighted by Gasteiger charge is -2.28. The monoisotopic (exact) mass is 511 g/mol. The van der Waals surface area contributed by atoms with Crippen LogP contribution in [0, 0.1) is 0 Å². The molecule has 2 amide bonds. The van der Waals surface area contributed by atoms with Gasteiger partial charge in [0, 0.05) is 11.3 Å². The summed E-state index contributed by atoms with van der Waals surface area (Å²) in [6.07, 6.45) is 1.21. The summed E-state index contributed by atoms with van der Waals surface area (Å²) in [7, 11) is 0. The second-order valence-corrected chi connectivity index (χ2v) is 10.2. The third-order valence-electron chi connectivity index (χ3n) is 6.80. The summed E-state index contributed by atoms with van der Waals surface area (Å²) in [5.41, 5.74) is 10.8. The molecule has 38 heavy (non-hydrogen) atoms. The van der Waals surface area contributed by atoms with Gasteiger partial charge in [-0.1, -0.05) is 60.7 Å². The van der Waals surface area contributed by atoms with Gasteiger partial charge in [-0.3, -0.25) is 9.59 Å². The molecule has 5 rings (SSSR count). The number of nitrogens with one attached hydrogen (secondary N) is 2. The van der Waals surface area contributed by atoms with Gasteiger partial charge < -0.3 is 26.0 Å². The molecule has 0 saturated heterocycles. The van der Waals surface area contributed by atoms with Crippen molar-refractivity contribution in [3.63, 3.8) is 0 Å². The molecule has 0 fully saturated rings. The van der Waals surface area contributed by atoms with E-state index in [-0.39, 0.29) is 11.8 Å². The maximum absolute atomic E-state index is 13.7. The van der Waals surface area contributed by atoms with E-state index in [1.54, 1.807) is 18.7 Å². The normalized spacial score (nSPS) is 17.2. The summed E-state index contributed by atoms with van der Waals surface area (Å²) in [5.74, 6) is -0.476. The number of ether oxygens (including phenoxy) is 1. The van der Waals surface area contributed by atoms with Crippen LogP contribution in [0.15, 0.2) is 77.8 Å². The fourth-order valence-corrected chi connectivity index (χ4v) is 4.70. The average Bonchev–Trinajstić information content (AvgIpc) is 3.38. The number of benzene rings is 3. The first-order chi connectivity index (χ1) is 18.3. The third-order valence-corrected chi connectivity index (χ3v) is 6.80. The topological polar surface area (TPSA) is 109 Å². The number of fused-ring (bicyclic) bond motifs is 1. The molecule has 0 radical (unpaired) electrons. The zero-order chi connectivity index (χ0) is 26.7. The minimum Gasteiger partial charge on any atom is -0.463 e. The fourth-order valence-electron chi connectivity index (χ4n) is 4.70. The van der Waals surface area contributed by atoms with Crippen molar-refractivity contribution in [3.05, 3.63) is 83.9 Å². The van der Waals surface area contributed by atoms with Gasteiger partial charge in [0.05, 0.1) is 24.3 Å². The Morgan fingerprint density at radius 1 is 1.08 bits per heavy atom. The van der Waals surface area contributed by atoms with E-state index in [9.17, 15) is 9.59 Å². The van der Waals surface area contributed by atoms with Crippen molar-refractivity contribution in [3.8, 4) is 11.1 Å². The van der Waals surface area contributed by atoms with Gasteiger partial charge in [-0.2, -0.15) is 0 Å². The second-order valence-electron chi connectivity index (χ2n) is 10.2. The van der Waals surface area contributed by atoms with Crippen LogP contribution in [0.4, 0.5) is 11.4 Å². The van der Waals surface area contributed by atoms with Gasteiger partial charge in [-0.25, -0.2) is 4.99 Å². The van der Waals surface area contributed by atoms with Crippen molar-refractivity contribution in [1.82, 2.24) is 5.32 Å². The first-order valence-electron chi connectivity index (χ1n) is 12.9. The number of amides is 2. The van der Waals surface area contributed by atoms with Crippen LogP contribution in [0.3, 0.4) is 0 Å². The molecule has 0 unspecified atom stereocenters. The molecular weight excluding hydrogens is 478 g/mol. The van der Waals surface area contributed by atoms with Gasteiger partial charge in [0.15, 0.2) is 0 Å². The molecule has 3 aromatic rings. The molecule has 0 aliphatic carbocycles. The quantitative estimate of drug-likeness (QED) is 0.466. The lowest BCUT2D eigenvalue weighted by molar-refractivity contribution is -0.130. The molecular formula is C30H33N5O3. The van der Waals surface area contributed by atoms with Crippen LogP contribution in [0.25, 0.3) is 11.1 Å². The van der Waals surface area contributed by atoms with Crippen LogP contribution in [0.1, 0.15) is 31.4 Å². The van der Waals surface area contributed by atoms with Crippen molar-refractivity contribution in [2.45, 2.75) is 44.8 Å². The largest absolute Gasteiger partial charge is 0.463 e. The number of rotatable bonds is 6. The Morgan fingerprint density at radius 2 is 1.82 bits per heavy atom. The van der Waals surface area contributed by atoms with Crippen LogP contribution in [-0.2, 0) is 27.3 Å². The number of nitrogens with zero attached hydrogens (tertiary/aromatic N) is 2. The Bertz CT molecular complexity index is 1360. The number of para-hydroxylation sites is 2. The second kappa shape index (κ2) is 10.7. The summed E-state index contributed by atoms with van der Waals surface area (Å²) in [4.78, 5) is 32.4. The van der Waals surface area contributed by atoms with E-state index in [1.807, 2.05) is 60.7 Å². The number of nitrogens with two attached hydrogens (primary N) is 1. The van der Waals surface area contributed by atoms with Gasteiger partial charge in [0.1, 0.15) is 12.6 Å². The molecule has 1 atom stereocenters. The van der Waals surface area contributed by atoms with E-state index >= 15 is 0 Å². The lowest BCUT2D eigenvalue weighted by atomic mass is 10.0. The van der Waals surface area contributed by atoms with E-state index in [2.05, 4.69) is 27.8 Å². The summed E-state index contributed by atoms with van der Waals surface area (Å²) in [6, 6.07) is 24.0. The average molecular weight is 512 g/mol. The molecule has 2 aliphatic heterocycles. The van der Waals surface area contributed by atoms with E-state index in [4.69, 9.17) is 10.5 Å². The van der Waals surface area contributed by atoms with E-state index in [0.717, 1.165) is 33.6 Å². The number of hydrogen-bond acceptors (Lipinski definition) is 6. The number of carbonyl (C=O) groups excluding carboxylic acids is 2. The Kier molecular flexibility index (Phi) is 7.15. The van der Waals surface area contributed by atoms with Gasteiger partial charge in [-0.05, 0) is 55.5 Å². The predicted octanol–water partition coefficient (Wildman–Crippen LogP) is 3.85. The molecule has 0 spiro atoms. The highest BCUT2D eigenvalue weighted by Gasteiger charge is 2.34. The molecule has 2 aliphatic rings. The highest BCUT2D eigenvalue weighted by molar-refractivity contribution is 6.01. The highest BCUT2D eigenvalue weighted by Crippen LogP contribution is 2.31. The van der Waals surface area contributed by atoms with Crippen molar-refractivity contribution in [2.24, 2.45) is 10.7 Å². The minimum absolute atomic E-state index is 0.136. The van der Waals surface area contributed by atoms with Gasteiger partial charge in [0.2, 0.25) is 11.8 Å². The lowest BCUT2D eigenvalue weighted by Crippen LogP contribution is -2.56. The first kappa shape index (κ1) is 25.5. The number of amidine groups is 1. The summed E-state index contributed by atoms with van der Waals surface area (Å²) in [6.45, 7) is 4.91. The standard InChI is InChI=1S/C30H33N5O3/c1-30(2,31)28(37)33-25-16-15-22-7-3-6-10-26(22)35(27(25)36)19-20-11-13-21(14-12-20)23-8-4-5-9-24(23)34-29-32-17-18-38-29/h3-14,25H,15-19,31H2,1-2H3,(H,32,34)(H,33,37)/t25-/m1/s1. The predicted molar refractivity (Wildman–Crippen MR) is 150 cm³/mol.